The van der Waals surface area contributed by atoms with Crippen molar-refractivity contribution in [1.82, 2.24) is 4.57 Å². The first-order chi connectivity index (χ1) is 8.49. The van der Waals surface area contributed by atoms with E-state index in [1.165, 1.54) is 0 Å². The molecule has 0 spiro atoms. The van der Waals surface area contributed by atoms with Gasteiger partial charge in [-0.05, 0) is 29.3 Å². The van der Waals surface area contributed by atoms with Crippen LogP contribution < -0.4 is 0 Å². The minimum Gasteiger partial charge on any atom is -0.347 e. The van der Waals surface area contributed by atoms with Crippen molar-refractivity contribution >= 4 is 29.0 Å². The van der Waals surface area contributed by atoms with E-state index in [1.54, 1.807) is 29.0 Å². The molecule has 0 fully saturated rings. The van der Waals surface area contributed by atoms with Crippen LogP contribution in [0.25, 0.3) is 10.9 Å². The maximum atomic E-state index is 12.0. The molecule has 2 rings (SSSR count). The fraction of sp³-hybridized carbons (Fsp3) is 0.250. The quantitative estimate of drug-likeness (QED) is 0.792. The summed E-state index contributed by atoms with van der Waals surface area (Å²) in [6, 6.07) is 6.97. The number of nitrogens with zero attached hydrogens (tertiary/aromatic N) is 1. The number of rotatable bonds is 4. The summed E-state index contributed by atoms with van der Waals surface area (Å²) in [4.78, 5) is 10.7. The van der Waals surface area contributed by atoms with Crippen molar-refractivity contribution in [2.24, 2.45) is 0 Å². The SMILES string of the molecule is O=Cc1ccc2ccn(CCSC(F)(F)F)c2c1. The number of aldehydes is 1. The molecule has 0 aliphatic heterocycles. The molecular formula is C12H10F3NOS. The number of halogens is 3. The summed E-state index contributed by atoms with van der Waals surface area (Å²) >= 11 is -0.0401. The summed E-state index contributed by atoms with van der Waals surface area (Å²) in [5.41, 5.74) is -2.90. The molecular weight excluding hydrogens is 263 g/mol. The second kappa shape index (κ2) is 5.06. The monoisotopic (exact) mass is 273 g/mol. The van der Waals surface area contributed by atoms with E-state index < -0.39 is 5.51 Å². The smallest absolute Gasteiger partial charge is 0.347 e. The molecule has 0 saturated carbocycles. The number of aryl methyl sites for hydroxylation is 1. The molecule has 0 atom stereocenters. The van der Waals surface area contributed by atoms with E-state index in [2.05, 4.69) is 0 Å². The molecule has 2 nitrogen and oxygen atoms in total. The fourth-order valence-corrected chi connectivity index (χ4v) is 2.25. The second-order valence-electron chi connectivity index (χ2n) is 3.74. The first-order valence-electron chi connectivity index (χ1n) is 5.24. The van der Waals surface area contributed by atoms with Crippen LogP contribution in [0.5, 0.6) is 0 Å². The normalized spacial score (nSPS) is 11.9. The summed E-state index contributed by atoms with van der Waals surface area (Å²) in [5.74, 6) is -0.0431. The van der Waals surface area contributed by atoms with Crippen molar-refractivity contribution in [3.63, 3.8) is 0 Å². The minimum atomic E-state index is -4.20. The van der Waals surface area contributed by atoms with E-state index in [4.69, 9.17) is 0 Å². The highest BCUT2D eigenvalue weighted by atomic mass is 32.2. The van der Waals surface area contributed by atoms with Gasteiger partial charge in [-0.1, -0.05) is 12.1 Å². The standard InChI is InChI=1S/C12H10F3NOS/c13-12(14,15)18-6-5-16-4-3-10-2-1-9(8-17)7-11(10)16/h1-4,7-8H,5-6H2. The zero-order chi connectivity index (χ0) is 13.2. The lowest BCUT2D eigenvalue weighted by Crippen LogP contribution is -2.06. The summed E-state index contributed by atoms with van der Waals surface area (Å²) in [6.07, 6.45) is 2.46. The van der Waals surface area contributed by atoms with Crippen molar-refractivity contribution < 1.29 is 18.0 Å². The molecule has 1 aromatic carbocycles. The maximum Gasteiger partial charge on any atom is 0.441 e. The number of hydrogen-bond donors (Lipinski definition) is 0. The Kier molecular flexibility index (Phi) is 3.65. The molecule has 1 heterocycles. The Morgan fingerprint density at radius 1 is 1.28 bits per heavy atom. The topological polar surface area (TPSA) is 22.0 Å². The zero-order valence-corrected chi connectivity index (χ0v) is 10.1. The van der Waals surface area contributed by atoms with Crippen LogP contribution in [0.15, 0.2) is 30.5 Å². The molecule has 0 saturated heterocycles. The van der Waals surface area contributed by atoms with Gasteiger partial charge in [0.15, 0.2) is 0 Å². The summed E-state index contributed by atoms with van der Waals surface area (Å²) in [7, 11) is 0. The number of thioether (sulfide) groups is 1. The Hall–Kier alpha value is -1.43. The van der Waals surface area contributed by atoms with Crippen LogP contribution in [-0.2, 0) is 6.54 Å². The van der Waals surface area contributed by atoms with Gasteiger partial charge >= 0.3 is 5.51 Å². The number of carbonyl (C=O) groups is 1. The molecule has 2 aromatic rings. The predicted octanol–water partition coefficient (Wildman–Crippen LogP) is 3.71. The van der Waals surface area contributed by atoms with Gasteiger partial charge in [0, 0.05) is 29.6 Å². The van der Waals surface area contributed by atoms with Crippen molar-refractivity contribution in [2.75, 3.05) is 5.75 Å². The summed E-state index contributed by atoms with van der Waals surface area (Å²) in [6.45, 7) is 0.260. The van der Waals surface area contributed by atoms with Crippen molar-refractivity contribution in [3.8, 4) is 0 Å². The summed E-state index contributed by atoms with van der Waals surface area (Å²) < 4.78 is 37.8. The van der Waals surface area contributed by atoms with Crippen LogP contribution in [0, 0.1) is 0 Å². The van der Waals surface area contributed by atoms with Crippen LogP contribution in [0.3, 0.4) is 0 Å². The van der Waals surface area contributed by atoms with Crippen LogP contribution in [0.2, 0.25) is 0 Å². The lowest BCUT2D eigenvalue weighted by atomic mass is 10.2. The number of benzene rings is 1. The molecule has 0 aliphatic rings. The third-order valence-corrected chi connectivity index (χ3v) is 3.25. The number of aromatic nitrogens is 1. The Labute approximate surface area is 106 Å². The van der Waals surface area contributed by atoms with Crippen molar-refractivity contribution in [1.29, 1.82) is 0 Å². The third kappa shape index (κ3) is 3.07. The van der Waals surface area contributed by atoms with Gasteiger partial charge in [0.05, 0.1) is 0 Å². The molecule has 0 amide bonds. The number of hydrogen-bond acceptors (Lipinski definition) is 2. The lowest BCUT2D eigenvalue weighted by molar-refractivity contribution is -0.0328. The molecule has 18 heavy (non-hydrogen) atoms. The third-order valence-electron chi connectivity index (χ3n) is 2.53. The van der Waals surface area contributed by atoms with Crippen molar-refractivity contribution in [3.05, 3.63) is 36.0 Å². The number of alkyl halides is 3. The minimum absolute atomic E-state index is 0.0401. The average molecular weight is 273 g/mol. The average Bonchev–Trinajstić information content (AvgIpc) is 2.70. The largest absolute Gasteiger partial charge is 0.441 e. The Balaban J connectivity index is 2.15. The maximum absolute atomic E-state index is 12.0. The van der Waals surface area contributed by atoms with Gasteiger partial charge in [0.2, 0.25) is 0 Å². The summed E-state index contributed by atoms with van der Waals surface area (Å²) in [5, 5.41) is 0.914. The van der Waals surface area contributed by atoms with Crippen molar-refractivity contribution in [2.45, 2.75) is 12.1 Å². The van der Waals surface area contributed by atoms with Crippen LogP contribution in [0.4, 0.5) is 13.2 Å². The van der Waals surface area contributed by atoms with Gasteiger partial charge in [-0.2, -0.15) is 13.2 Å². The number of fused-ring (bicyclic) bond motifs is 1. The molecule has 1 aromatic heterocycles. The Morgan fingerprint density at radius 3 is 2.72 bits per heavy atom. The van der Waals surface area contributed by atoms with Gasteiger partial charge in [-0.15, -0.1) is 0 Å². The highest BCUT2D eigenvalue weighted by Gasteiger charge is 2.27. The highest BCUT2D eigenvalue weighted by Crippen LogP contribution is 2.30. The van der Waals surface area contributed by atoms with Gasteiger partial charge in [0.25, 0.3) is 0 Å². The molecule has 0 N–H and O–H groups in total. The first kappa shape index (κ1) is 13.0. The lowest BCUT2D eigenvalue weighted by Gasteiger charge is -2.07. The fourth-order valence-electron chi connectivity index (χ4n) is 1.73. The predicted molar refractivity (Wildman–Crippen MR) is 65.8 cm³/mol. The van der Waals surface area contributed by atoms with E-state index in [0.29, 0.717) is 5.56 Å². The second-order valence-corrected chi connectivity index (χ2v) is 4.90. The van der Waals surface area contributed by atoms with Gasteiger partial charge in [-0.3, -0.25) is 4.79 Å². The molecule has 0 unspecified atom stereocenters. The van der Waals surface area contributed by atoms with Crippen LogP contribution in [0.1, 0.15) is 10.4 Å². The molecule has 96 valence electrons. The van der Waals surface area contributed by atoms with Crippen LogP contribution >= 0.6 is 11.8 Å². The van der Waals surface area contributed by atoms with Gasteiger partial charge in [-0.25, -0.2) is 0 Å². The van der Waals surface area contributed by atoms with Gasteiger partial charge < -0.3 is 4.57 Å². The van der Waals surface area contributed by atoms with E-state index in [0.717, 1.165) is 17.2 Å². The van der Waals surface area contributed by atoms with E-state index >= 15 is 0 Å². The molecule has 0 aliphatic carbocycles. The highest BCUT2D eigenvalue weighted by molar-refractivity contribution is 8.00. The van der Waals surface area contributed by atoms with Gasteiger partial charge in [0.1, 0.15) is 6.29 Å². The number of carbonyl (C=O) groups excluding carboxylic acids is 1. The first-order valence-corrected chi connectivity index (χ1v) is 6.23. The molecule has 0 radical (unpaired) electrons. The Bertz CT molecular complexity index is 562. The van der Waals surface area contributed by atoms with E-state index in [9.17, 15) is 18.0 Å². The zero-order valence-electron chi connectivity index (χ0n) is 9.28. The van der Waals surface area contributed by atoms with E-state index in [-0.39, 0.29) is 24.1 Å². The molecule has 0 bridgehead atoms. The molecule has 6 heteroatoms. The van der Waals surface area contributed by atoms with E-state index in [1.807, 2.05) is 6.07 Å². The Morgan fingerprint density at radius 2 is 2.06 bits per heavy atom. The van der Waals surface area contributed by atoms with Crippen LogP contribution in [-0.4, -0.2) is 22.1 Å².